The second kappa shape index (κ2) is 4.22. The molecule has 0 bridgehead atoms. The molecule has 0 heterocycles. The van der Waals surface area contributed by atoms with Crippen molar-refractivity contribution in [3.05, 3.63) is 24.3 Å². The molecule has 0 aromatic carbocycles. The van der Waals surface area contributed by atoms with Gasteiger partial charge in [-0.3, -0.25) is 0 Å². The first-order valence-corrected chi connectivity index (χ1v) is 14.3. The SMILES string of the molecule is C=C/C=C(/C)[CH2][Sn]([CH3])([CH3])[CH3]. The van der Waals surface area contributed by atoms with E-state index < -0.39 is 18.4 Å². The van der Waals surface area contributed by atoms with Gasteiger partial charge in [-0.2, -0.15) is 0 Å². The van der Waals surface area contributed by atoms with Gasteiger partial charge in [0.1, 0.15) is 0 Å². The molecule has 0 aromatic rings. The topological polar surface area (TPSA) is 0 Å². The van der Waals surface area contributed by atoms with Crippen LogP contribution in [-0.4, -0.2) is 18.4 Å². The van der Waals surface area contributed by atoms with Crippen molar-refractivity contribution < 1.29 is 0 Å². The van der Waals surface area contributed by atoms with E-state index in [1.54, 1.807) is 0 Å². The Morgan fingerprint density at radius 1 is 1.40 bits per heavy atom. The maximum absolute atomic E-state index is 3.68. The Hall–Kier alpha value is 0.279. The summed E-state index contributed by atoms with van der Waals surface area (Å²) in [7, 11) is 0. The molecule has 0 aliphatic carbocycles. The summed E-state index contributed by atoms with van der Waals surface area (Å²) in [6.07, 6.45) is 4.01. The van der Waals surface area contributed by atoms with Crippen LogP contribution in [-0.2, 0) is 0 Å². The van der Waals surface area contributed by atoms with E-state index in [9.17, 15) is 0 Å². The average molecular weight is 245 g/mol. The predicted molar refractivity (Wildman–Crippen MR) is 52.1 cm³/mol. The van der Waals surface area contributed by atoms with Crippen LogP contribution < -0.4 is 0 Å². The second-order valence-electron chi connectivity index (χ2n) is 3.99. The second-order valence-corrected chi connectivity index (χ2v) is 19.6. The van der Waals surface area contributed by atoms with Gasteiger partial charge in [0.25, 0.3) is 0 Å². The van der Waals surface area contributed by atoms with E-state index in [1.807, 2.05) is 6.08 Å². The molecule has 0 aliphatic heterocycles. The van der Waals surface area contributed by atoms with E-state index in [2.05, 4.69) is 34.4 Å². The van der Waals surface area contributed by atoms with Crippen molar-refractivity contribution in [3.63, 3.8) is 0 Å². The van der Waals surface area contributed by atoms with Gasteiger partial charge in [-0.05, 0) is 0 Å². The van der Waals surface area contributed by atoms with E-state index in [1.165, 1.54) is 10.0 Å². The van der Waals surface area contributed by atoms with Crippen molar-refractivity contribution in [2.75, 3.05) is 0 Å². The Balaban J connectivity index is 3.91. The van der Waals surface area contributed by atoms with Crippen molar-refractivity contribution in [2.45, 2.75) is 26.2 Å². The zero-order valence-corrected chi connectivity index (χ0v) is 10.4. The van der Waals surface area contributed by atoms with Gasteiger partial charge < -0.3 is 0 Å². The number of hydrogen-bond donors (Lipinski definition) is 0. The van der Waals surface area contributed by atoms with E-state index in [-0.39, 0.29) is 0 Å². The standard InChI is InChI=1S/C6H9.3CH3.Sn/c1-4-5-6(2)3;;;;/h4-5H,1-2H2,3H3;3*1H3;/b6-5+;;;;. The van der Waals surface area contributed by atoms with Gasteiger partial charge in [-0.15, -0.1) is 0 Å². The molecule has 10 heavy (non-hydrogen) atoms. The first-order chi connectivity index (χ1) is 4.45. The third-order valence-corrected chi connectivity index (χ3v) is 5.83. The van der Waals surface area contributed by atoms with Crippen molar-refractivity contribution >= 4 is 18.4 Å². The molecule has 0 saturated carbocycles. The number of hydrogen-bond acceptors (Lipinski definition) is 0. The molecular formula is C9H18Sn. The summed E-state index contributed by atoms with van der Waals surface area (Å²) in [6.45, 7) is 5.88. The Morgan fingerprint density at radius 2 is 1.90 bits per heavy atom. The van der Waals surface area contributed by atoms with Crippen LogP contribution in [0.25, 0.3) is 0 Å². The van der Waals surface area contributed by atoms with Crippen molar-refractivity contribution in [2.24, 2.45) is 0 Å². The number of allylic oxidation sites excluding steroid dienone is 3. The molecule has 1 heteroatoms. The summed E-state index contributed by atoms with van der Waals surface area (Å²) < 4.78 is 1.36. The fourth-order valence-electron chi connectivity index (χ4n) is 1.10. The average Bonchev–Trinajstić information content (AvgIpc) is 1.59. The Labute approximate surface area is 68.9 Å². The molecule has 0 aromatic heterocycles. The molecule has 0 spiro atoms. The van der Waals surface area contributed by atoms with Crippen molar-refractivity contribution in [1.82, 2.24) is 0 Å². The van der Waals surface area contributed by atoms with E-state index in [0.29, 0.717) is 0 Å². The maximum atomic E-state index is 3.68. The third kappa shape index (κ3) is 6.40. The summed E-state index contributed by atoms with van der Waals surface area (Å²) in [5.74, 6) is 0. The van der Waals surface area contributed by atoms with Gasteiger partial charge in [0.15, 0.2) is 0 Å². The monoisotopic (exact) mass is 246 g/mol. The molecule has 0 fully saturated rings. The van der Waals surface area contributed by atoms with E-state index in [0.717, 1.165) is 0 Å². The van der Waals surface area contributed by atoms with E-state index in [4.69, 9.17) is 0 Å². The van der Waals surface area contributed by atoms with Crippen molar-refractivity contribution in [3.8, 4) is 0 Å². The van der Waals surface area contributed by atoms with Crippen LogP contribution in [0.5, 0.6) is 0 Å². The summed E-state index contributed by atoms with van der Waals surface area (Å²) >= 11 is -1.53. The van der Waals surface area contributed by atoms with Crippen LogP contribution >= 0.6 is 0 Å². The number of rotatable bonds is 3. The summed E-state index contributed by atoms with van der Waals surface area (Å²) in [6, 6.07) is 0. The molecule has 0 saturated heterocycles. The first-order valence-electron chi connectivity index (χ1n) is 3.74. The van der Waals surface area contributed by atoms with Crippen LogP contribution in [0.15, 0.2) is 24.3 Å². The van der Waals surface area contributed by atoms with Crippen LogP contribution in [0.2, 0.25) is 19.3 Å². The van der Waals surface area contributed by atoms with Gasteiger partial charge in [-0.1, -0.05) is 0 Å². The fourth-order valence-corrected chi connectivity index (χ4v) is 6.21. The van der Waals surface area contributed by atoms with Gasteiger partial charge >= 0.3 is 68.9 Å². The zero-order valence-electron chi connectivity index (χ0n) is 7.57. The molecule has 0 rings (SSSR count). The summed E-state index contributed by atoms with van der Waals surface area (Å²) in [5.41, 5.74) is 1.50. The fraction of sp³-hybridized carbons (Fsp3) is 0.556. The van der Waals surface area contributed by atoms with E-state index >= 15 is 0 Å². The Bertz CT molecular complexity index is 137. The van der Waals surface area contributed by atoms with Gasteiger partial charge in [0.05, 0.1) is 0 Å². The Morgan fingerprint density at radius 3 is 2.20 bits per heavy atom. The normalized spacial score (nSPS) is 13.4. The molecule has 0 nitrogen and oxygen atoms in total. The molecule has 0 aliphatic rings. The van der Waals surface area contributed by atoms with Gasteiger partial charge in [-0.25, -0.2) is 0 Å². The molecule has 0 radical (unpaired) electrons. The van der Waals surface area contributed by atoms with Crippen LogP contribution in [0.4, 0.5) is 0 Å². The quantitative estimate of drug-likeness (QED) is 0.527. The minimum absolute atomic E-state index is 1.36. The molecule has 0 N–H and O–H groups in total. The van der Waals surface area contributed by atoms with Crippen LogP contribution in [0, 0.1) is 0 Å². The summed E-state index contributed by atoms with van der Waals surface area (Å²) in [4.78, 5) is 7.36. The molecular weight excluding hydrogens is 227 g/mol. The summed E-state index contributed by atoms with van der Waals surface area (Å²) in [5, 5.41) is 0. The third-order valence-electron chi connectivity index (χ3n) is 1.21. The van der Waals surface area contributed by atoms with Crippen LogP contribution in [0.1, 0.15) is 6.92 Å². The Kier molecular flexibility index (Phi) is 4.34. The van der Waals surface area contributed by atoms with Crippen LogP contribution in [0.3, 0.4) is 0 Å². The minimum atomic E-state index is -1.53. The predicted octanol–water partition coefficient (Wildman–Crippen LogP) is 3.46. The molecule has 0 amide bonds. The molecule has 0 unspecified atom stereocenters. The van der Waals surface area contributed by atoms with Crippen molar-refractivity contribution in [1.29, 1.82) is 0 Å². The van der Waals surface area contributed by atoms with Gasteiger partial charge in [0, 0.05) is 0 Å². The zero-order chi connectivity index (χ0) is 8.20. The van der Waals surface area contributed by atoms with Gasteiger partial charge in [0.2, 0.25) is 0 Å². The molecule has 0 atom stereocenters. The molecule has 58 valence electrons. The first kappa shape index (κ1) is 10.3.